The lowest BCUT2D eigenvalue weighted by Gasteiger charge is -2.58. The third-order valence-electron chi connectivity index (χ3n) is 11.6. The summed E-state index contributed by atoms with van der Waals surface area (Å²) in [5, 5.41) is 2.86. The zero-order valence-electron chi connectivity index (χ0n) is 26.1. The molecule has 0 aromatic rings. The first kappa shape index (κ1) is 30.9. The molecule has 39 heavy (non-hydrogen) atoms. The van der Waals surface area contributed by atoms with Crippen molar-refractivity contribution >= 4 is 6.09 Å². The number of carbonyl (C=O) groups is 1. The first-order valence-corrected chi connectivity index (χ1v) is 16.5. The minimum Gasteiger partial charge on any atom is -0.446 e. The summed E-state index contributed by atoms with van der Waals surface area (Å²) in [7, 11) is 0. The summed E-state index contributed by atoms with van der Waals surface area (Å²) in [6, 6.07) is 0. The highest BCUT2D eigenvalue weighted by atomic mass is 16.6. The number of allylic oxidation sites excluding steroid dienone is 1. The van der Waals surface area contributed by atoms with Gasteiger partial charge in [0, 0.05) is 19.6 Å². The molecule has 0 radical (unpaired) electrons. The normalized spacial score (nSPS) is 36.5. The van der Waals surface area contributed by atoms with Crippen molar-refractivity contribution in [2.45, 2.75) is 118 Å². The Kier molecular flexibility index (Phi) is 10.9. The molecule has 0 aliphatic heterocycles. The first-order valence-electron chi connectivity index (χ1n) is 16.5. The molecule has 4 rings (SSSR count). The third-order valence-corrected chi connectivity index (χ3v) is 11.6. The van der Waals surface area contributed by atoms with Crippen LogP contribution in [0.2, 0.25) is 0 Å². The van der Waals surface area contributed by atoms with Crippen LogP contribution in [0.1, 0.15) is 112 Å². The lowest BCUT2D eigenvalue weighted by atomic mass is 9.47. The summed E-state index contributed by atoms with van der Waals surface area (Å²) in [5.41, 5.74) is 2.40. The SMILES string of the molecule is CCOCCOCCNC(=O)O[C@H]1CC[C@@]2(C)C(=CCC3C4CCC(C(C)CCCC(C)C)[C@@]4(C)CCC32)C1. The Bertz CT molecular complexity index is 826. The van der Waals surface area contributed by atoms with E-state index in [4.69, 9.17) is 14.2 Å². The Morgan fingerprint density at radius 3 is 2.56 bits per heavy atom. The van der Waals surface area contributed by atoms with Crippen LogP contribution in [-0.2, 0) is 14.2 Å². The van der Waals surface area contributed by atoms with Crippen LogP contribution in [-0.4, -0.2) is 45.2 Å². The second-order valence-corrected chi connectivity index (χ2v) is 14.3. The van der Waals surface area contributed by atoms with Gasteiger partial charge in [-0.05, 0) is 98.2 Å². The van der Waals surface area contributed by atoms with Gasteiger partial charge < -0.3 is 19.5 Å². The number of fused-ring (bicyclic) bond motifs is 5. The molecular weight excluding hydrogens is 486 g/mol. The molecule has 0 saturated heterocycles. The van der Waals surface area contributed by atoms with Gasteiger partial charge in [0.05, 0.1) is 19.8 Å². The molecule has 8 atom stereocenters. The highest BCUT2D eigenvalue weighted by molar-refractivity contribution is 5.67. The maximum absolute atomic E-state index is 12.4. The van der Waals surface area contributed by atoms with E-state index < -0.39 is 0 Å². The predicted octanol–water partition coefficient (Wildman–Crippen LogP) is 8.18. The molecule has 0 heterocycles. The summed E-state index contributed by atoms with van der Waals surface area (Å²) in [6.45, 7) is 17.3. The highest BCUT2D eigenvalue weighted by Gasteiger charge is 2.59. The van der Waals surface area contributed by atoms with Crippen molar-refractivity contribution in [3.63, 3.8) is 0 Å². The summed E-state index contributed by atoms with van der Waals surface area (Å²) in [5.74, 6) is 5.13. The number of rotatable bonds is 13. The lowest BCUT2D eigenvalue weighted by molar-refractivity contribution is -0.0581. The lowest BCUT2D eigenvalue weighted by Crippen LogP contribution is -2.51. The minimum atomic E-state index is -0.306. The van der Waals surface area contributed by atoms with Gasteiger partial charge in [0.15, 0.2) is 0 Å². The van der Waals surface area contributed by atoms with Crippen LogP contribution in [0.15, 0.2) is 11.6 Å². The number of carbonyl (C=O) groups excluding carboxylic acids is 1. The summed E-state index contributed by atoms with van der Waals surface area (Å²) < 4.78 is 16.6. The summed E-state index contributed by atoms with van der Waals surface area (Å²) in [4.78, 5) is 12.4. The highest BCUT2D eigenvalue weighted by Crippen LogP contribution is 2.67. The number of nitrogens with one attached hydrogen (secondary N) is 1. The van der Waals surface area contributed by atoms with Gasteiger partial charge in [0.25, 0.3) is 0 Å². The van der Waals surface area contributed by atoms with Gasteiger partial charge in [-0.15, -0.1) is 0 Å². The number of amides is 1. The van der Waals surface area contributed by atoms with Gasteiger partial charge in [-0.3, -0.25) is 0 Å². The number of hydrogen-bond donors (Lipinski definition) is 1. The second-order valence-electron chi connectivity index (χ2n) is 14.3. The molecule has 4 aliphatic carbocycles. The predicted molar refractivity (Wildman–Crippen MR) is 159 cm³/mol. The minimum absolute atomic E-state index is 0.00356. The molecule has 3 fully saturated rings. The summed E-state index contributed by atoms with van der Waals surface area (Å²) >= 11 is 0. The molecule has 0 aromatic heterocycles. The molecule has 5 unspecified atom stereocenters. The van der Waals surface area contributed by atoms with E-state index >= 15 is 0 Å². The van der Waals surface area contributed by atoms with Crippen LogP contribution in [0.5, 0.6) is 0 Å². The molecule has 1 N–H and O–H groups in total. The van der Waals surface area contributed by atoms with Gasteiger partial charge in [-0.25, -0.2) is 4.79 Å². The van der Waals surface area contributed by atoms with E-state index in [9.17, 15) is 4.79 Å². The molecule has 0 aromatic carbocycles. The Balaban J connectivity index is 1.29. The van der Waals surface area contributed by atoms with Crippen molar-refractivity contribution in [1.82, 2.24) is 5.32 Å². The van der Waals surface area contributed by atoms with E-state index in [0.717, 1.165) is 54.8 Å². The molecule has 1 amide bonds. The Hall–Kier alpha value is -1.07. The van der Waals surface area contributed by atoms with Gasteiger partial charge in [0.2, 0.25) is 0 Å². The van der Waals surface area contributed by atoms with Gasteiger partial charge in [-0.2, -0.15) is 0 Å². The van der Waals surface area contributed by atoms with E-state index in [2.05, 4.69) is 46.0 Å². The van der Waals surface area contributed by atoms with Gasteiger partial charge >= 0.3 is 6.09 Å². The first-order chi connectivity index (χ1) is 18.7. The molecule has 224 valence electrons. The second kappa shape index (κ2) is 13.7. The Morgan fingerprint density at radius 2 is 1.79 bits per heavy atom. The third kappa shape index (κ3) is 7.05. The van der Waals surface area contributed by atoms with Crippen LogP contribution < -0.4 is 5.32 Å². The van der Waals surface area contributed by atoms with Gasteiger partial charge in [-0.1, -0.05) is 65.5 Å². The zero-order chi connectivity index (χ0) is 28.0. The monoisotopic (exact) mass is 545 g/mol. The van der Waals surface area contributed by atoms with Crippen molar-refractivity contribution in [1.29, 1.82) is 0 Å². The largest absolute Gasteiger partial charge is 0.446 e. The van der Waals surface area contributed by atoms with E-state index in [-0.39, 0.29) is 17.6 Å². The Labute approximate surface area is 239 Å². The van der Waals surface area contributed by atoms with Crippen molar-refractivity contribution in [3.8, 4) is 0 Å². The average Bonchev–Trinajstić information content (AvgIpc) is 3.25. The van der Waals surface area contributed by atoms with Crippen molar-refractivity contribution in [3.05, 3.63) is 11.6 Å². The number of alkyl carbamates (subject to hydrolysis) is 1. The van der Waals surface area contributed by atoms with E-state index in [0.29, 0.717) is 38.4 Å². The smallest absolute Gasteiger partial charge is 0.407 e. The van der Waals surface area contributed by atoms with Crippen molar-refractivity contribution in [2.24, 2.45) is 46.3 Å². The van der Waals surface area contributed by atoms with Crippen LogP contribution in [0, 0.1) is 46.3 Å². The molecule has 4 aliphatic rings. The maximum atomic E-state index is 12.4. The average molecular weight is 546 g/mol. The van der Waals surface area contributed by atoms with Crippen LogP contribution in [0.25, 0.3) is 0 Å². The fourth-order valence-electron chi connectivity index (χ4n) is 9.54. The van der Waals surface area contributed by atoms with E-state index in [1.54, 1.807) is 5.57 Å². The zero-order valence-corrected chi connectivity index (χ0v) is 26.1. The van der Waals surface area contributed by atoms with E-state index in [1.807, 2.05) is 6.92 Å². The quantitative estimate of drug-likeness (QED) is 0.187. The standard InChI is InChI=1S/C34H59NO4/c1-7-37-21-22-38-20-19-35-32(36)39-27-15-17-33(5)26(23-27)11-12-28-30-14-13-29(25(4)10-8-9-24(2)3)34(30,6)18-16-31(28)33/h11,24-25,27-31H,7-10,12-23H2,1-6H3,(H,35,36)/t25?,27-,28?,29?,30?,31?,33-,34+/m0/s1. The maximum Gasteiger partial charge on any atom is 0.407 e. The number of hydrogen-bond acceptors (Lipinski definition) is 4. The van der Waals surface area contributed by atoms with Crippen LogP contribution in [0.3, 0.4) is 0 Å². The van der Waals surface area contributed by atoms with Crippen LogP contribution in [0.4, 0.5) is 4.79 Å². The Morgan fingerprint density at radius 1 is 1.00 bits per heavy atom. The molecule has 0 bridgehead atoms. The molecule has 0 spiro atoms. The molecule has 5 nitrogen and oxygen atoms in total. The van der Waals surface area contributed by atoms with Gasteiger partial charge in [0.1, 0.15) is 6.10 Å². The number of ether oxygens (including phenoxy) is 3. The van der Waals surface area contributed by atoms with E-state index in [1.165, 1.54) is 51.4 Å². The molecule has 5 heteroatoms. The fourth-order valence-corrected chi connectivity index (χ4v) is 9.54. The van der Waals surface area contributed by atoms with Crippen LogP contribution >= 0.6 is 0 Å². The van der Waals surface area contributed by atoms with Crippen molar-refractivity contribution in [2.75, 3.05) is 33.0 Å². The summed E-state index contributed by atoms with van der Waals surface area (Å²) in [6.07, 6.45) is 16.4. The molecular formula is C34H59NO4. The van der Waals surface area contributed by atoms with Crippen molar-refractivity contribution < 1.29 is 19.0 Å². The topological polar surface area (TPSA) is 56.8 Å². The molecule has 3 saturated carbocycles. The fraction of sp³-hybridized carbons (Fsp3) is 0.912.